The molecule has 0 aliphatic rings. The van der Waals surface area contributed by atoms with Gasteiger partial charge in [-0.15, -0.1) is 0 Å². The first kappa shape index (κ1) is 12.4. The third-order valence-electron chi connectivity index (χ3n) is 1.88. The molecule has 0 amide bonds. The van der Waals surface area contributed by atoms with Crippen LogP contribution in [0.4, 0.5) is 0 Å². The Morgan fingerprint density at radius 1 is 1.54 bits per heavy atom. The average Bonchev–Trinajstić information content (AvgIpc) is 2.03. The molecule has 0 aliphatic carbocycles. The monoisotopic (exact) mass is 188 g/mol. The first-order valence-electron chi connectivity index (χ1n) is 4.68. The van der Waals surface area contributed by atoms with Gasteiger partial charge in [0.1, 0.15) is 6.04 Å². The highest BCUT2D eigenvalue weighted by Crippen LogP contribution is 1.91. The molecular weight excluding hydrogens is 168 g/mol. The molecule has 0 aromatic heterocycles. The minimum Gasteiger partial charge on any atom is -0.480 e. The standard InChI is InChI=1S/C9H20N2O2/c1-4-8(9(12)13)10-6-5-7-11(2)3/h8,10H,4-7H2,1-3H3,(H,12,13). The molecule has 4 nitrogen and oxygen atoms in total. The molecule has 0 saturated carbocycles. The van der Waals surface area contributed by atoms with Gasteiger partial charge in [0.25, 0.3) is 0 Å². The molecule has 0 bridgehead atoms. The van der Waals surface area contributed by atoms with Crippen molar-refractivity contribution >= 4 is 5.97 Å². The van der Waals surface area contributed by atoms with Crippen molar-refractivity contribution in [2.45, 2.75) is 25.8 Å². The second kappa shape index (κ2) is 6.86. The smallest absolute Gasteiger partial charge is 0.320 e. The van der Waals surface area contributed by atoms with E-state index in [1.807, 2.05) is 21.0 Å². The third-order valence-corrected chi connectivity index (χ3v) is 1.88. The summed E-state index contributed by atoms with van der Waals surface area (Å²) >= 11 is 0. The molecule has 0 saturated heterocycles. The minimum absolute atomic E-state index is 0.387. The van der Waals surface area contributed by atoms with Crippen molar-refractivity contribution < 1.29 is 9.90 Å². The fourth-order valence-corrected chi connectivity index (χ4v) is 1.08. The second-order valence-corrected chi connectivity index (χ2v) is 3.41. The number of hydrogen-bond donors (Lipinski definition) is 2. The molecule has 0 fully saturated rings. The number of rotatable bonds is 7. The molecule has 0 radical (unpaired) electrons. The Balaban J connectivity index is 3.44. The zero-order valence-corrected chi connectivity index (χ0v) is 8.71. The van der Waals surface area contributed by atoms with Crippen LogP contribution in [0.3, 0.4) is 0 Å². The van der Waals surface area contributed by atoms with E-state index < -0.39 is 5.97 Å². The van der Waals surface area contributed by atoms with Gasteiger partial charge in [0, 0.05) is 0 Å². The topological polar surface area (TPSA) is 52.6 Å². The Hall–Kier alpha value is -0.610. The first-order valence-corrected chi connectivity index (χ1v) is 4.68. The Morgan fingerprint density at radius 2 is 2.15 bits per heavy atom. The van der Waals surface area contributed by atoms with Crippen LogP contribution in [0.15, 0.2) is 0 Å². The van der Waals surface area contributed by atoms with Gasteiger partial charge in [-0.25, -0.2) is 0 Å². The predicted molar refractivity (Wildman–Crippen MR) is 52.9 cm³/mol. The Bertz CT molecular complexity index is 149. The van der Waals surface area contributed by atoms with Gasteiger partial charge in [-0.05, 0) is 40.0 Å². The van der Waals surface area contributed by atoms with E-state index in [1.165, 1.54) is 0 Å². The lowest BCUT2D eigenvalue weighted by atomic mass is 10.2. The maximum atomic E-state index is 10.6. The van der Waals surface area contributed by atoms with Gasteiger partial charge < -0.3 is 15.3 Å². The highest BCUT2D eigenvalue weighted by molar-refractivity contribution is 5.73. The van der Waals surface area contributed by atoms with Crippen LogP contribution in [0.5, 0.6) is 0 Å². The van der Waals surface area contributed by atoms with Crippen molar-refractivity contribution in [3.05, 3.63) is 0 Å². The van der Waals surface area contributed by atoms with Crippen molar-refractivity contribution in [1.29, 1.82) is 0 Å². The van der Waals surface area contributed by atoms with Crippen molar-refractivity contribution in [1.82, 2.24) is 10.2 Å². The van der Waals surface area contributed by atoms with Crippen LogP contribution in [0.1, 0.15) is 19.8 Å². The summed E-state index contributed by atoms with van der Waals surface area (Å²) in [7, 11) is 4.02. The lowest BCUT2D eigenvalue weighted by molar-refractivity contribution is -0.139. The molecule has 0 aromatic rings. The zero-order valence-electron chi connectivity index (χ0n) is 8.71. The van der Waals surface area contributed by atoms with Crippen LogP contribution in [0, 0.1) is 0 Å². The van der Waals surface area contributed by atoms with E-state index in [2.05, 4.69) is 10.2 Å². The number of nitrogens with zero attached hydrogens (tertiary/aromatic N) is 1. The Kier molecular flexibility index (Phi) is 6.54. The highest BCUT2D eigenvalue weighted by atomic mass is 16.4. The maximum absolute atomic E-state index is 10.6. The maximum Gasteiger partial charge on any atom is 0.320 e. The highest BCUT2D eigenvalue weighted by Gasteiger charge is 2.12. The summed E-state index contributed by atoms with van der Waals surface area (Å²) in [5, 5.41) is 11.7. The fraction of sp³-hybridized carbons (Fsp3) is 0.889. The lowest BCUT2D eigenvalue weighted by Crippen LogP contribution is -2.37. The van der Waals surface area contributed by atoms with Gasteiger partial charge in [-0.1, -0.05) is 6.92 Å². The second-order valence-electron chi connectivity index (χ2n) is 3.41. The molecule has 2 N–H and O–H groups in total. The molecule has 0 rings (SSSR count). The Labute approximate surface area is 79.9 Å². The number of aliphatic carboxylic acids is 1. The van der Waals surface area contributed by atoms with Crippen molar-refractivity contribution in [2.75, 3.05) is 27.2 Å². The molecule has 0 heterocycles. The van der Waals surface area contributed by atoms with Gasteiger partial charge in [0.15, 0.2) is 0 Å². The molecule has 4 heteroatoms. The molecule has 0 aromatic carbocycles. The number of hydrogen-bond acceptors (Lipinski definition) is 3. The average molecular weight is 188 g/mol. The molecule has 78 valence electrons. The largest absolute Gasteiger partial charge is 0.480 e. The van der Waals surface area contributed by atoms with Gasteiger partial charge >= 0.3 is 5.97 Å². The van der Waals surface area contributed by atoms with Gasteiger partial charge in [-0.3, -0.25) is 4.79 Å². The van der Waals surface area contributed by atoms with Crippen LogP contribution < -0.4 is 5.32 Å². The Morgan fingerprint density at radius 3 is 2.54 bits per heavy atom. The van der Waals surface area contributed by atoms with Crippen LogP contribution in [-0.4, -0.2) is 49.2 Å². The quantitative estimate of drug-likeness (QED) is 0.567. The predicted octanol–water partition coefficient (Wildman–Crippen LogP) is 0.391. The first-order chi connectivity index (χ1) is 6.07. The number of carbonyl (C=O) groups is 1. The number of carboxylic acids is 1. The van der Waals surface area contributed by atoms with Gasteiger partial charge in [-0.2, -0.15) is 0 Å². The van der Waals surface area contributed by atoms with Crippen LogP contribution in [0.25, 0.3) is 0 Å². The molecule has 0 spiro atoms. The summed E-state index contributed by atoms with van der Waals surface area (Å²) < 4.78 is 0. The van der Waals surface area contributed by atoms with E-state index in [-0.39, 0.29) is 6.04 Å². The third kappa shape index (κ3) is 6.54. The van der Waals surface area contributed by atoms with E-state index in [9.17, 15) is 4.79 Å². The van der Waals surface area contributed by atoms with Gasteiger partial charge in [0.2, 0.25) is 0 Å². The van der Waals surface area contributed by atoms with Crippen molar-refractivity contribution in [3.63, 3.8) is 0 Å². The molecule has 1 atom stereocenters. The van der Waals surface area contributed by atoms with E-state index in [4.69, 9.17) is 5.11 Å². The summed E-state index contributed by atoms with van der Waals surface area (Å²) in [5.74, 6) is -0.757. The zero-order chi connectivity index (χ0) is 10.3. The van der Waals surface area contributed by atoms with Gasteiger partial charge in [0.05, 0.1) is 0 Å². The summed E-state index contributed by atoms with van der Waals surface area (Å²) in [5.41, 5.74) is 0. The van der Waals surface area contributed by atoms with E-state index in [0.717, 1.165) is 19.5 Å². The fourth-order valence-electron chi connectivity index (χ4n) is 1.08. The summed E-state index contributed by atoms with van der Waals surface area (Å²) in [6.07, 6.45) is 1.62. The summed E-state index contributed by atoms with van der Waals surface area (Å²) in [6.45, 7) is 3.63. The SMILES string of the molecule is CCC(NCCCN(C)C)C(=O)O. The van der Waals surface area contributed by atoms with Crippen LogP contribution >= 0.6 is 0 Å². The summed E-state index contributed by atoms with van der Waals surface area (Å²) in [4.78, 5) is 12.7. The van der Waals surface area contributed by atoms with Crippen molar-refractivity contribution in [3.8, 4) is 0 Å². The minimum atomic E-state index is -0.757. The molecule has 1 unspecified atom stereocenters. The van der Waals surface area contributed by atoms with E-state index in [0.29, 0.717) is 6.42 Å². The summed E-state index contributed by atoms with van der Waals surface area (Å²) in [6, 6.07) is -0.387. The number of carboxylic acid groups (broad SMARTS) is 1. The van der Waals surface area contributed by atoms with Crippen LogP contribution in [-0.2, 0) is 4.79 Å². The number of nitrogens with one attached hydrogen (secondary N) is 1. The van der Waals surface area contributed by atoms with E-state index in [1.54, 1.807) is 0 Å². The van der Waals surface area contributed by atoms with Crippen molar-refractivity contribution in [2.24, 2.45) is 0 Å². The normalized spacial score (nSPS) is 13.2. The van der Waals surface area contributed by atoms with Crippen LogP contribution in [0.2, 0.25) is 0 Å². The molecular formula is C9H20N2O2. The molecule has 13 heavy (non-hydrogen) atoms. The van der Waals surface area contributed by atoms with E-state index >= 15 is 0 Å². The molecule has 0 aliphatic heterocycles. The lowest BCUT2D eigenvalue weighted by Gasteiger charge is -2.13.